The zero-order valence-electron chi connectivity index (χ0n) is 20.0. The molecule has 1 N–H and O–H groups in total. The summed E-state index contributed by atoms with van der Waals surface area (Å²) in [6.07, 6.45) is 4.35. The molecule has 2 aliphatic heterocycles. The van der Waals surface area contributed by atoms with Crippen LogP contribution < -0.4 is 15.0 Å². The predicted molar refractivity (Wildman–Crippen MR) is 133 cm³/mol. The average molecular weight is 443 g/mol. The normalized spacial score (nSPS) is 17.6. The summed E-state index contributed by atoms with van der Waals surface area (Å²) in [5.41, 5.74) is 5.19. The Labute approximate surface area is 197 Å². The lowest BCUT2D eigenvalue weighted by Crippen LogP contribution is -2.60. The molecule has 5 heteroatoms. The summed E-state index contributed by atoms with van der Waals surface area (Å²) in [4.78, 5) is 11.6. The molecule has 3 aromatic rings. The molecule has 2 aromatic carbocycles. The van der Waals surface area contributed by atoms with Crippen molar-refractivity contribution >= 4 is 5.95 Å². The molecule has 0 radical (unpaired) electrons. The van der Waals surface area contributed by atoms with Crippen LogP contribution in [0.25, 0.3) is 0 Å². The van der Waals surface area contributed by atoms with Crippen molar-refractivity contribution in [1.29, 1.82) is 0 Å². The van der Waals surface area contributed by atoms with Crippen molar-refractivity contribution in [3.05, 3.63) is 83.2 Å². The molecule has 5 nitrogen and oxygen atoms in total. The van der Waals surface area contributed by atoms with Gasteiger partial charge >= 0.3 is 0 Å². The topological polar surface area (TPSA) is 50.3 Å². The Kier molecular flexibility index (Phi) is 5.83. The van der Waals surface area contributed by atoms with E-state index in [0.29, 0.717) is 12.0 Å². The van der Waals surface area contributed by atoms with E-state index in [1.165, 1.54) is 29.5 Å². The largest absolute Gasteiger partial charge is 0.487 e. The molecule has 5 rings (SSSR count). The van der Waals surface area contributed by atoms with Gasteiger partial charge in [0, 0.05) is 30.1 Å². The fourth-order valence-electron chi connectivity index (χ4n) is 5.06. The fourth-order valence-corrected chi connectivity index (χ4v) is 5.06. The van der Waals surface area contributed by atoms with E-state index in [0.717, 1.165) is 43.6 Å². The summed E-state index contributed by atoms with van der Waals surface area (Å²) in [6.45, 7) is 11.5. The number of hydrogen-bond donors (Lipinski definition) is 1. The van der Waals surface area contributed by atoms with Crippen molar-refractivity contribution in [3.8, 4) is 5.75 Å². The molecule has 0 unspecified atom stereocenters. The van der Waals surface area contributed by atoms with Crippen LogP contribution in [-0.2, 0) is 12.0 Å². The third-order valence-electron chi connectivity index (χ3n) is 7.44. The highest BCUT2D eigenvalue weighted by Gasteiger charge is 2.44. The highest BCUT2D eigenvalue weighted by Crippen LogP contribution is 2.40. The summed E-state index contributed by atoms with van der Waals surface area (Å²) >= 11 is 0. The number of aryl methyl sites for hydroxylation is 1. The lowest BCUT2D eigenvalue weighted by molar-refractivity contribution is 0.148. The van der Waals surface area contributed by atoms with Gasteiger partial charge in [0.1, 0.15) is 12.4 Å². The standard InChI is InChI=1S/C28H34N4O/c1-21-4-6-22(7-5-21)27(2,3)23-8-10-25(11-9-23)33-18-24-12-15-30-26(31-24)32-19-28(20-32)13-16-29-17-14-28/h4-12,15,29H,13-14,16-20H2,1-3H3. The summed E-state index contributed by atoms with van der Waals surface area (Å²) in [5.74, 6) is 1.69. The van der Waals surface area contributed by atoms with Gasteiger partial charge < -0.3 is 15.0 Å². The van der Waals surface area contributed by atoms with Crippen LogP contribution in [0.2, 0.25) is 0 Å². The minimum absolute atomic E-state index is 0.0588. The number of nitrogens with zero attached hydrogens (tertiary/aromatic N) is 3. The predicted octanol–water partition coefficient (Wildman–Crippen LogP) is 4.88. The van der Waals surface area contributed by atoms with Gasteiger partial charge in [-0.1, -0.05) is 55.8 Å². The van der Waals surface area contributed by atoms with E-state index in [1.54, 1.807) is 0 Å². The highest BCUT2D eigenvalue weighted by molar-refractivity contribution is 5.41. The SMILES string of the molecule is Cc1ccc(C(C)(C)c2ccc(OCc3ccnc(N4CC5(CCNCC5)C4)n3)cc2)cc1. The maximum Gasteiger partial charge on any atom is 0.225 e. The van der Waals surface area contributed by atoms with E-state index in [1.807, 2.05) is 12.3 Å². The van der Waals surface area contributed by atoms with Crippen LogP contribution in [0.5, 0.6) is 5.75 Å². The van der Waals surface area contributed by atoms with Crippen LogP contribution in [-0.4, -0.2) is 36.1 Å². The minimum Gasteiger partial charge on any atom is -0.487 e. The number of aromatic nitrogens is 2. The van der Waals surface area contributed by atoms with Gasteiger partial charge in [-0.2, -0.15) is 0 Å². The molecule has 172 valence electrons. The smallest absolute Gasteiger partial charge is 0.225 e. The average Bonchev–Trinajstić information content (AvgIpc) is 2.82. The monoisotopic (exact) mass is 442 g/mol. The first-order valence-electron chi connectivity index (χ1n) is 12.0. The second-order valence-corrected chi connectivity index (χ2v) is 10.3. The molecular formula is C28H34N4O. The van der Waals surface area contributed by atoms with Gasteiger partial charge in [0.2, 0.25) is 5.95 Å². The molecule has 1 spiro atoms. The number of nitrogens with one attached hydrogen (secondary N) is 1. The maximum atomic E-state index is 6.06. The van der Waals surface area contributed by atoms with E-state index in [9.17, 15) is 0 Å². The molecule has 3 heterocycles. The molecule has 0 saturated carbocycles. The summed E-state index contributed by atoms with van der Waals surface area (Å²) in [6, 6.07) is 19.2. The molecule has 0 aliphatic carbocycles. The van der Waals surface area contributed by atoms with Gasteiger partial charge in [-0.05, 0) is 62.2 Å². The Balaban J connectivity index is 1.20. The van der Waals surface area contributed by atoms with Gasteiger partial charge in [-0.25, -0.2) is 9.97 Å². The molecule has 2 saturated heterocycles. The minimum atomic E-state index is -0.0588. The van der Waals surface area contributed by atoms with Gasteiger partial charge in [0.15, 0.2) is 0 Å². The number of hydrogen-bond acceptors (Lipinski definition) is 5. The van der Waals surface area contributed by atoms with Crippen molar-refractivity contribution in [2.45, 2.75) is 45.6 Å². The van der Waals surface area contributed by atoms with E-state index >= 15 is 0 Å². The Morgan fingerprint density at radius 1 is 0.939 bits per heavy atom. The van der Waals surface area contributed by atoms with Gasteiger partial charge in [0.25, 0.3) is 0 Å². The van der Waals surface area contributed by atoms with Crippen LogP contribution in [0.4, 0.5) is 5.95 Å². The zero-order valence-corrected chi connectivity index (χ0v) is 20.0. The molecular weight excluding hydrogens is 408 g/mol. The van der Waals surface area contributed by atoms with Crippen LogP contribution in [0, 0.1) is 12.3 Å². The lowest BCUT2D eigenvalue weighted by Gasteiger charge is -2.52. The number of piperidine rings is 1. The first kappa shape index (κ1) is 21.9. The van der Waals surface area contributed by atoms with Crippen LogP contribution >= 0.6 is 0 Å². The van der Waals surface area contributed by atoms with E-state index in [4.69, 9.17) is 9.72 Å². The number of benzene rings is 2. The Hall–Kier alpha value is -2.92. The van der Waals surface area contributed by atoms with Gasteiger partial charge in [0.05, 0.1) is 5.69 Å². The van der Waals surface area contributed by atoms with Crippen LogP contribution in [0.3, 0.4) is 0 Å². The molecule has 2 fully saturated rings. The zero-order chi connectivity index (χ0) is 22.9. The van der Waals surface area contributed by atoms with Crippen molar-refractivity contribution in [3.63, 3.8) is 0 Å². The molecule has 2 aliphatic rings. The fraction of sp³-hybridized carbons (Fsp3) is 0.429. The third-order valence-corrected chi connectivity index (χ3v) is 7.44. The van der Waals surface area contributed by atoms with Gasteiger partial charge in [-0.3, -0.25) is 0 Å². The third kappa shape index (κ3) is 4.60. The molecule has 0 atom stereocenters. The second-order valence-electron chi connectivity index (χ2n) is 10.3. The first-order valence-corrected chi connectivity index (χ1v) is 12.0. The summed E-state index contributed by atoms with van der Waals surface area (Å²) < 4.78 is 6.06. The number of rotatable bonds is 6. The van der Waals surface area contributed by atoms with Crippen molar-refractivity contribution in [1.82, 2.24) is 15.3 Å². The molecule has 0 amide bonds. The van der Waals surface area contributed by atoms with E-state index in [-0.39, 0.29) is 5.41 Å². The van der Waals surface area contributed by atoms with Crippen molar-refractivity contribution in [2.75, 3.05) is 31.1 Å². The molecule has 0 bridgehead atoms. The summed E-state index contributed by atoms with van der Waals surface area (Å²) in [7, 11) is 0. The van der Waals surface area contributed by atoms with E-state index < -0.39 is 0 Å². The lowest BCUT2D eigenvalue weighted by atomic mass is 9.72. The Bertz CT molecular complexity index is 1080. The van der Waals surface area contributed by atoms with Crippen LogP contribution in [0.15, 0.2) is 60.8 Å². The molecule has 33 heavy (non-hydrogen) atoms. The second kappa shape index (κ2) is 8.79. The van der Waals surface area contributed by atoms with Crippen molar-refractivity contribution < 1.29 is 4.74 Å². The van der Waals surface area contributed by atoms with E-state index in [2.05, 4.69) is 84.5 Å². The molecule has 1 aromatic heterocycles. The Morgan fingerprint density at radius 2 is 1.58 bits per heavy atom. The Morgan fingerprint density at radius 3 is 2.24 bits per heavy atom. The quantitative estimate of drug-likeness (QED) is 0.590. The highest BCUT2D eigenvalue weighted by atomic mass is 16.5. The van der Waals surface area contributed by atoms with Gasteiger partial charge in [-0.15, -0.1) is 0 Å². The van der Waals surface area contributed by atoms with Crippen molar-refractivity contribution in [2.24, 2.45) is 5.41 Å². The number of ether oxygens (including phenoxy) is 1. The maximum absolute atomic E-state index is 6.06. The van der Waals surface area contributed by atoms with Crippen LogP contribution in [0.1, 0.15) is 49.1 Å². The summed E-state index contributed by atoms with van der Waals surface area (Å²) in [5, 5.41) is 3.46. The first-order chi connectivity index (χ1) is 15.9. The number of anilines is 1.